The van der Waals surface area contributed by atoms with Crippen LogP contribution in [0, 0.1) is 22.7 Å². The van der Waals surface area contributed by atoms with Crippen molar-refractivity contribution in [3.05, 3.63) is 228 Å². The molecule has 0 saturated heterocycles. The number of benzene rings is 6. The van der Waals surface area contributed by atoms with E-state index in [1.165, 1.54) is 26.1 Å². The molecule has 53 heavy (non-hydrogen) atoms. The van der Waals surface area contributed by atoms with Crippen LogP contribution in [0.1, 0.15) is 11.1 Å². The van der Waals surface area contributed by atoms with E-state index in [1.54, 1.807) is 12.2 Å². The molecule has 0 fully saturated rings. The summed E-state index contributed by atoms with van der Waals surface area (Å²) in [5, 5.41) is 19.4. The van der Waals surface area contributed by atoms with Crippen LogP contribution < -0.4 is 26.1 Å². The first-order valence-electron chi connectivity index (χ1n) is 17.2. The molecule has 0 unspecified atom stereocenters. The Labute approximate surface area is 321 Å². The van der Waals surface area contributed by atoms with Gasteiger partial charge in [0.05, 0.1) is 0 Å². The molecular formula is C48H34As2N2O. The normalized spacial score (nSPS) is 12.6. The molecule has 7 rings (SSSR count). The first-order chi connectivity index (χ1) is 26.2. The summed E-state index contributed by atoms with van der Waals surface area (Å²) in [5.41, 5.74) is 2.61. The first kappa shape index (κ1) is 35.3. The van der Waals surface area contributed by atoms with Crippen LogP contribution in [-0.4, -0.2) is 29.3 Å². The Hall–Kier alpha value is -6.08. The molecule has 0 saturated carbocycles. The molecule has 0 amide bonds. The summed E-state index contributed by atoms with van der Waals surface area (Å²) in [4.78, 5) is 0. The van der Waals surface area contributed by atoms with Crippen LogP contribution in [-0.2, 0) is 4.74 Å². The van der Waals surface area contributed by atoms with Crippen LogP contribution in [0.2, 0.25) is 0 Å². The van der Waals surface area contributed by atoms with Gasteiger partial charge in [0.2, 0.25) is 0 Å². The van der Waals surface area contributed by atoms with E-state index in [0.29, 0.717) is 17.1 Å². The van der Waals surface area contributed by atoms with Gasteiger partial charge in [0.15, 0.2) is 0 Å². The molecule has 252 valence electrons. The number of nitriles is 2. The average Bonchev–Trinajstić information content (AvgIpc) is 3.22. The van der Waals surface area contributed by atoms with Crippen LogP contribution in [0.25, 0.3) is 12.2 Å². The monoisotopic (exact) mass is 804 g/mol. The van der Waals surface area contributed by atoms with E-state index in [0.717, 1.165) is 11.1 Å². The summed E-state index contributed by atoms with van der Waals surface area (Å²) in [6, 6.07) is 64.6. The van der Waals surface area contributed by atoms with Crippen molar-refractivity contribution in [1.29, 1.82) is 10.5 Å². The summed E-state index contributed by atoms with van der Waals surface area (Å²) >= 11 is -3.42. The molecule has 1 aliphatic rings. The van der Waals surface area contributed by atoms with Gasteiger partial charge in [-0.3, -0.25) is 0 Å². The zero-order valence-electron chi connectivity index (χ0n) is 28.8. The molecule has 0 spiro atoms. The van der Waals surface area contributed by atoms with Gasteiger partial charge in [0.1, 0.15) is 0 Å². The molecule has 0 aromatic heterocycles. The van der Waals surface area contributed by atoms with Crippen molar-refractivity contribution in [1.82, 2.24) is 0 Å². The van der Waals surface area contributed by atoms with Gasteiger partial charge in [-0.25, -0.2) is 0 Å². The fourth-order valence-electron chi connectivity index (χ4n) is 6.03. The first-order valence-corrected chi connectivity index (χ1v) is 22.8. The fraction of sp³-hybridized carbons (Fsp3) is 0. The Kier molecular flexibility index (Phi) is 11.6. The third-order valence-corrected chi connectivity index (χ3v) is 18.8. The van der Waals surface area contributed by atoms with Gasteiger partial charge in [0, 0.05) is 0 Å². The van der Waals surface area contributed by atoms with Crippen molar-refractivity contribution in [3.63, 3.8) is 0 Å². The summed E-state index contributed by atoms with van der Waals surface area (Å²) in [7, 11) is 0. The van der Waals surface area contributed by atoms with Crippen molar-refractivity contribution >= 4 is 67.6 Å². The van der Waals surface area contributed by atoms with Crippen LogP contribution in [0.3, 0.4) is 0 Å². The second-order valence-corrected chi connectivity index (χ2v) is 21.4. The van der Waals surface area contributed by atoms with Gasteiger partial charge < -0.3 is 0 Å². The van der Waals surface area contributed by atoms with E-state index < -0.39 is 29.3 Å². The standard InChI is InChI=1S/C48H34As2N2O/c51-35-40(36-52)39-33-47(31-25-37-21-27-45(28-22-37)49(41-13-5-1-6-14-41)42-15-7-2-8-16-42)53-48(34-39)32-26-38-23-29-46(30-24-38)50(43-17-9-3-10-18-43)44-19-11-4-12-20-44/h1-34H. The van der Waals surface area contributed by atoms with Crippen LogP contribution in [0.15, 0.2) is 217 Å². The molecule has 0 radical (unpaired) electrons. The maximum absolute atomic E-state index is 9.68. The quantitative estimate of drug-likeness (QED) is 0.116. The molecule has 6 aromatic rings. The second-order valence-electron chi connectivity index (χ2n) is 12.1. The summed E-state index contributed by atoms with van der Waals surface area (Å²) in [5.74, 6) is 1.09. The van der Waals surface area contributed by atoms with E-state index in [9.17, 15) is 10.5 Å². The average molecular weight is 805 g/mol. The van der Waals surface area contributed by atoms with Gasteiger partial charge in [0.25, 0.3) is 0 Å². The molecule has 1 aliphatic heterocycles. The number of hydrogen-bond acceptors (Lipinski definition) is 3. The van der Waals surface area contributed by atoms with Crippen molar-refractivity contribution in [2.45, 2.75) is 0 Å². The molecule has 5 heteroatoms. The molecular weight excluding hydrogens is 770 g/mol. The summed E-state index contributed by atoms with van der Waals surface area (Å²) in [6.07, 6.45) is 11.3. The molecule has 3 nitrogen and oxygen atoms in total. The molecule has 6 aromatic carbocycles. The SMILES string of the molecule is N#CC(C#N)=C1C=C(C=Cc2ccc([As](c3ccccc3)c3ccccc3)cc2)OC(C=Cc2ccc([As](c3ccccc3)c3ccccc3)cc2)=C1. The number of allylic oxidation sites excluding steroid dienone is 6. The van der Waals surface area contributed by atoms with Crippen molar-refractivity contribution < 1.29 is 4.74 Å². The van der Waals surface area contributed by atoms with Crippen molar-refractivity contribution in [3.8, 4) is 12.1 Å². The predicted octanol–water partition coefficient (Wildman–Crippen LogP) is 6.59. The van der Waals surface area contributed by atoms with Gasteiger partial charge >= 0.3 is 323 Å². The Morgan fingerprint density at radius 3 is 1.00 bits per heavy atom. The summed E-state index contributed by atoms with van der Waals surface area (Å²) in [6.45, 7) is 0. The van der Waals surface area contributed by atoms with E-state index in [-0.39, 0.29) is 5.57 Å². The molecule has 0 bridgehead atoms. The maximum atomic E-state index is 9.68. The number of nitrogens with zero attached hydrogens (tertiary/aromatic N) is 2. The van der Waals surface area contributed by atoms with E-state index >= 15 is 0 Å². The number of rotatable bonds is 10. The Balaban J connectivity index is 1.10. The van der Waals surface area contributed by atoms with Crippen molar-refractivity contribution in [2.24, 2.45) is 0 Å². The summed E-state index contributed by atoms with van der Waals surface area (Å²) < 4.78 is 14.5. The van der Waals surface area contributed by atoms with Gasteiger partial charge in [-0.05, 0) is 0 Å². The fourth-order valence-corrected chi connectivity index (χ4v) is 15.6. The van der Waals surface area contributed by atoms with E-state index in [4.69, 9.17) is 4.74 Å². The molecule has 1 heterocycles. The van der Waals surface area contributed by atoms with E-state index in [1.807, 2.05) is 36.4 Å². The zero-order chi connectivity index (χ0) is 36.2. The van der Waals surface area contributed by atoms with Crippen LogP contribution >= 0.6 is 0 Å². The Morgan fingerprint density at radius 1 is 0.396 bits per heavy atom. The van der Waals surface area contributed by atoms with Gasteiger partial charge in [-0.2, -0.15) is 0 Å². The number of hydrogen-bond donors (Lipinski definition) is 0. The topological polar surface area (TPSA) is 56.8 Å². The third-order valence-electron chi connectivity index (χ3n) is 8.58. The van der Waals surface area contributed by atoms with Gasteiger partial charge in [-0.1, -0.05) is 0 Å². The molecule has 0 atom stereocenters. The van der Waals surface area contributed by atoms with Crippen molar-refractivity contribution in [2.75, 3.05) is 0 Å². The zero-order valence-corrected chi connectivity index (χ0v) is 32.6. The molecule has 0 aliphatic carbocycles. The van der Waals surface area contributed by atoms with Crippen LogP contribution in [0.4, 0.5) is 0 Å². The van der Waals surface area contributed by atoms with E-state index in [2.05, 4.69) is 170 Å². The Morgan fingerprint density at radius 2 is 0.698 bits per heavy atom. The minimum atomic E-state index is -1.71. The van der Waals surface area contributed by atoms with Gasteiger partial charge in [-0.15, -0.1) is 0 Å². The van der Waals surface area contributed by atoms with Crippen LogP contribution in [0.5, 0.6) is 0 Å². The second kappa shape index (κ2) is 17.4. The third kappa shape index (κ3) is 8.87. The minimum absolute atomic E-state index is 0.0370. The Bertz CT molecular complexity index is 2150. The number of ether oxygens (including phenoxy) is 1. The molecule has 0 N–H and O–H groups in total. The predicted molar refractivity (Wildman–Crippen MR) is 222 cm³/mol.